The SMILES string of the molecule is ClCc1ccc(Br)c2cc(Cl)sc12. The molecule has 0 bridgehead atoms. The van der Waals surface area contributed by atoms with Gasteiger partial charge in [0.2, 0.25) is 0 Å². The molecular formula is C9H5BrCl2S. The monoisotopic (exact) mass is 294 g/mol. The van der Waals surface area contributed by atoms with Gasteiger partial charge in [0.25, 0.3) is 0 Å². The molecule has 0 nitrogen and oxygen atoms in total. The zero-order valence-electron chi connectivity index (χ0n) is 6.48. The molecule has 0 aliphatic rings. The fraction of sp³-hybridized carbons (Fsp3) is 0.111. The van der Waals surface area contributed by atoms with E-state index in [1.807, 2.05) is 18.2 Å². The van der Waals surface area contributed by atoms with Gasteiger partial charge in [-0.1, -0.05) is 33.6 Å². The predicted octanol–water partition coefficient (Wildman–Crippen LogP) is 5.06. The van der Waals surface area contributed by atoms with Crippen LogP contribution in [0, 0.1) is 0 Å². The van der Waals surface area contributed by atoms with Crippen molar-refractivity contribution in [3.05, 3.63) is 32.6 Å². The van der Waals surface area contributed by atoms with Gasteiger partial charge in [0.15, 0.2) is 0 Å². The lowest BCUT2D eigenvalue weighted by atomic mass is 10.2. The minimum atomic E-state index is 0.528. The average molecular weight is 296 g/mol. The van der Waals surface area contributed by atoms with E-state index in [-0.39, 0.29) is 0 Å². The van der Waals surface area contributed by atoms with E-state index in [0.717, 1.165) is 19.8 Å². The van der Waals surface area contributed by atoms with Crippen LogP contribution < -0.4 is 0 Å². The van der Waals surface area contributed by atoms with Crippen LogP contribution in [0.5, 0.6) is 0 Å². The normalized spacial score (nSPS) is 11.0. The van der Waals surface area contributed by atoms with Crippen LogP contribution in [0.1, 0.15) is 5.56 Å². The van der Waals surface area contributed by atoms with Gasteiger partial charge in [0.05, 0.1) is 4.34 Å². The number of fused-ring (bicyclic) bond motifs is 1. The van der Waals surface area contributed by atoms with E-state index in [2.05, 4.69) is 15.9 Å². The molecule has 0 fully saturated rings. The third-order valence-corrected chi connectivity index (χ3v) is 4.14. The summed E-state index contributed by atoms with van der Waals surface area (Å²) < 4.78 is 3.04. The zero-order valence-corrected chi connectivity index (χ0v) is 10.4. The number of hydrogen-bond donors (Lipinski definition) is 0. The van der Waals surface area contributed by atoms with Crippen molar-refractivity contribution >= 4 is 60.6 Å². The van der Waals surface area contributed by atoms with Gasteiger partial charge in [-0.2, -0.15) is 0 Å². The van der Waals surface area contributed by atoms with E-state index in [0.29, 0.717) is 5.88 Å². The minimum Gasteiger partial charge on any atom is -0.123 e. The summed E-state index contributed by atoms with van der Waals surface area (Å²) in [6, 6.07) is 5.98. The average Bonchev–Trinajstić information content (AvgIpc) is 2.48. The van der Waals surface area contributed by atoms with E-state index in [9.17, 15) is 0 Å². The first-order chi connectivity index (χ1) is 6.22. The van der Waals surface area contributed by atoms with E-state index in [4.69, 9.17) is 23.2 Å². The van der Waals surface area contributed by atoms with Crippen molar-refractivity contribution in [3.63, 3.8) is 0 Å². The maximum absolute atomic E-state index is 5.94. The Labute approximate surface area is 98.6 Å². The van der Waals surface area contributed by atoms with Crippen molar-refractivity contribution in [1.29, 1.82) is 0 Å². The maximum Gasteiger partial charge on any atom is 0.0941 e. The van der Waals surface area contributed by atoms with Crippen molar-refractivity contribution in [2.75, 3.05) is 0 Å². The van der Waals surface area contributed by atoms with Gasteiger partial charge in [-0.15, -0.1) is 22.9 Å². The Bertz CT molecular complexity index is 450. The van der Waals surface area contributed by atoms with Gasteiger partial charge < -0.3 is 0 Å². The topological polar surface area (TPSA) is 0 Å². The third kappa shape index (κ3) is 1.73. The van der Waals surface area contributed by atoms with Crippen LogP contribution in [0.25, 0.3) is 10.1 Å². The molecule has 0 radical (unpaired) electrons. The standard InChI is InChI=1S/C9H5BrCl2S/c10-7-2-1-5(4-11)9-6(7)3-8(12)13-9/h1-3H,4H2. The van der Waals surface area contributed by atoms with Crippen LogP contribution in [-0.4, -0.2) is 0 Å². The highest BCUT2D eigenvalue weighted by atomic mass is 79.9. The van der Waals surface area contributed by atoms with Crippen molar-refractivity contribution in [2.24, 2.45) is 0 Å². The van der Waals surface area contributed by atoms with Gasteiger partial charge in [0, 0.05) is 20.4 Å². The maximum atomic E-state index is 5.94. The lowest BCUT2D eigenvalue weighted by Gasteiger charge is -1.98. The van der Waals surface area contributed by atoms with E-state index in [1.165, 1.54) is 4.70 Å². The molecule has 0 aliphatic heterocycles. The number of halogens is 3. The Morgan fingerprint density at radius 1 is 1.38 bits per heavy atom. The summed E-state index contributed by atoms with van der Waals surface area (Å²) >= 11 is 16.8. The van der Waals surface area contributed by atoms with Crippen molar-refractivity contribution < 1.29 is 0 Å². The quantitative estimate of drug-likeness (QED) is 0.645. The van der Waals surface area contributed by atoms with Crippen LogP contribution in [0.3, 0.4) is 0 Å². The molecule has 0 unspecified atom stereocenters. The second-order valence-corrected chi connectivity index (χ2v) is 5.44. The molecule has 0 saturated carbocycles. The van der Waals surface area contributed by atoms with Crippen LogP contribution >= 0.6 is 50.5 Å². The molecule has 0 aliphatic carbocycles. The first kappa shape index (κ1) is 9.78. The number of thiophene rings is 1. The minimum absolute atomic E-state index is 0.528. The molecule has 1 aromatic heterocycles. The molecule has 2 rings (SSSR count). The Hall–Kier alpha value is 0.240. The smallest absolute Gasteiger partial charge is 0.0941 e. The molecule has 0 spiro atoms. The lowest BCUT2D eigenvalue weighted by Crippen LogP contribution is -1.77. The van der Waals surface area contributed by atoms with Gasteiger partial charge in [-0.05, 0) is 17.7 Å². The van der Waals surface area contributed by atoms with E-state index < -0.39 is 0 Å². The van der Waals surface area contributed by atoms with Gasteiger partial charge in [0.1, 0.15) is 0 Å². The molecule has 0 saturated heterocycles. The molecule has 0 N–H and O–H groups in total. The molecule has 0 atom stereocenters. The highest BCUT2D eigenvalue weighted by Gasteiger charge is 2.07. The van der Waals surface area contributed by atoms with Crippen molar-refractivity contribution in [2.45, 2.75) is 5.88 Å². The van der Waals surface area contributed by atoms with Crippen molar-refractivity contribution in [3.8, 4) is 0 Å². The highest BCUT2D eigenvalue weighted by molar-refractivity contribution is 9.10. The van der Waals surface area contributed by atoms with E-state index in [1.54, 1.807) is 11.3 Å². The van der Waals surface area contributed by atoms with Gasteiger partial charge in [-0.25, -0.2) is 0 Å². The van der Waals surface area contributed by atoms with Crippen LogP contribution in [0.4, 0.5) is 0 Å². The molecule has 13 heavy (non-hydrogen) atoms. The van der Waals surface area contributed by atoms with Crippen molar-refractivity contribution in [1.82, 2.24) is 0 Å². The Balaban J connectivity index is 2.83. The lowest BCUT2D eigenvalue weighted by molar-refractivity contribution is 1.46. The molecule has 1 heterocycles. The summed E-state index contributed by atoms with van der Waals surface area (Å²) in [6.07, 6.45) is 0. The molecule has 4 heteroatoms. The molecule has 1 aromatic carbocycles. The number of benzene rings is 1. The highest BCUT2D eigenvalue weighted by Crippen LogP contribution is 2.36. The number of hydrogen-bond acceptors (Lipinski definition) is 1. The van der Waals surface area contributed by atoms with Gasteiger partial charge >= 0.3 is 0 Å². The Morgan fingerprint density at radius 2 is 2.15 bits per heavy atom. The molecule has 0 amide bonds. The fourth-order valence-corrected chi connectivity index (χ4v) is 3.36. The first-order valence-corrected chi connectivity index (χ1v) is 6.17. The summed E-state index contributed by atoms with van der Waals surface area (Å²) in [6.45, 7) is 0. The Kier molecular flexibility index (Phi) is 2.84. The summed E-state index contributed by atoms with van der Waals surface area (Å²) in [5, 5.41) is 1.15. The summed E-state index contributed by atoms with van der Waals surface area (Å²) in [7, 11) is 0. The molecular weight excluding hydrogens is 291 g/mol. The second kappa shape index (κ2) is 3.77. The van der Waals surface area contributed by atoms with E-state index >= 15 is 0 Å². The number of alkyl halides is 1. The summed E-state index contributed by atoms with van der Waals surface area (Å²) in [5.74, 6) is 0.528. The van der Waals surface area contributed by atoms with Crippen LogP contribution in [-0.2, 0) is 5.88 Å². The second-order valence-electron chi connectivity index (χ2n) is 2.63. The zero-order chi connectivity index (χ0) is 9.42. The predicted molar refractivity (Wildman–Crippen MR) is 64.1 cm³/mol. The van der Waals surface area contributed by atoms with Crippen LogP contribution in [0.15, 0.2) is 22.7 Å². The number of rotatable bonds is 1. The Morgan fingerprint density at radius 3 is 2.85 bits per heavy atom. The first-order valence-electron chi connectivity index (χ1n) is 3.65. The third-order valence-electron chi connectivity index (χ3n) is 1.83. The summed E-state index contributed by atoms with van der Waals surface area (Å²) in [5.41, 5.74) is 1.14. The molecule has 2 aromatic rings. The van der Waals surface area contributed by atoms with Gasteiger partial charge in [-0.3, -0.25) is 0 Å². The van der Waals surface area contributed by atoms with Crippen LogP contribution in [0.2, 0.25) is 4.34 Å². The molecule has 68 valence electrons. The largest absolute Gasteiger partial charge is 0.123 e. The fourth-order valence-electron chi connectivity index (χ4n) is 1.22. The summed E-state index contributed by atoms with van der Waals surface area (Å²) in [4.78, 5) is 0.